The molecule has 4 N–H and O–H groups in total. The number of hydrogen-bond donors (Lipinski definition) is 4. The fourth-order valence-corrected chi connectivity index (χ4v) is 13.6. The average molecular weight is 1460 g/mol. The van der Waals surface area contributed by atoms with Crippen LogP contribution in [0.15, 0.2) is 265 Å². The summed E-state index contributed by atoms with van der Waals surface area (Å²) >= 11 is 0. The van der Waals surface area contributed by atoms with Crippen LogP contribution in [0.4, 0.5) is 0 Å². The number of imidazole rings is 2. The average Bonchev–Trinajstić information content (AvgIpc) is 1.54. The lowest BCUT2D eigenvalue weighted by Crippen LogP contribution is -2.32. The van der Waals surface area contributed by atoms with Gasteiger partial charge in [-0.15, -0.1) is 0 Å². The Hall–Kier alpha value is -12.1. The minimum Gasteiger partial charge on any atom is -0.507 e. The Kier molecular flexibility index (Phi) is 28.5. The number of benzene rings is 10. The van der Waals surface area contributed by atoms with Gasteiger partial charge >= 0.3 is 0 Å². The number of aryl methyl sites for hydroxylation is 3. The normalized spacial score (nSPS) is 14.8. The number of carbonyl (C=O) groups is 4. The predicted molar refractivity (Wildman–Crippen MR) is 437 cm³/mol. The van der Waals surface area contributed by atoms with Crippen molar-refractivity contribution in [2.24, 2.45) is 16.7 Å². The Balaban J connectivity index is 0.000000166. The van der Waals surface area contributed by atoms with Crippen molar-refractivity contribution in [3.05, 3.63) is 322 Å². The highest BCUT2D eigenvalue weighted by atomic mass is 32.2. The van der Waals surface area contributed by atoms with Crippen LogP contribution in [0, 0.1) is 37.2 Å². The molecular weight excluding hydrogens is 1360 g/mol. The number of aromatic nitrogens is 6. The number of fused-ring (bicyclic) bond motifs is 5. The number of H-pyrrole nitrogens is 2. The molecule has 0 radical (unpaired) electrons. The first-order chi connectivity index (χ1) is 51.9. The molecule has 15 nitrogen and oxygen atoms in total. The van der Waals surface area contributed by atoms with Crippen molar-refractivity contribution < 1.29 is 37.8 Å². The van der Waals surface area contributed by atoms with E-state index in [-0.39, 0.29) is 50.5 Å². The summed E-state index contributed by atoms with van der Waals surface area (Å²) in [7, 11) is -3.26. The first-order valence-electron chi connectivity index (χ1n) is 36.3. The van der Waals surface area contributed by atoms with Crippen LogP contribution >= 0.6 is 0 Å². The van der Waals surface area contributed by atoms with E-state index < -0.39 is 15.9 Å². The highest BCUT2D eigenvalue weighted by molar-refractivity contribution is 7.90. The molecule has 2 aliphatic carbocycles. The van der Waals surface area contributed by atoms with Crippen LogP contribution in [-0.4, -0.2) is 84.0 Å². The smallest absolute Gasteiger partial charge is 0.291 e. The van der Waals surface area contributed by atoms with Gasteiger partial charge in [0.25, 0.3) is 6.04 Å². The summed E-state index contributed by atoms with van der Waals surface area (Å²) in [5.74, 6) is 1.86. The zero-order valence-corrected chi connectivity index (χ0v) is 64.5. The van der Waals surface area contributed by atoms with Gasteiger partial charge in [-0.05, 0) is 152 Å². The number of para-hydroxylation sites is 5. The monoisotopic (exact) mass is 1460 g/mol. The molecule has 552 valence electrons. The quantitative estimate of drug-likeness (QED) is 0.0508. The van der Waals surface area contributed by atoms with Crippen molar-refractivity contribution in [1.29, 1.82) is 0 Å². The lowest BCUT2D eigenvalue weighted by atomic mass is 9.70. The van der Waals surface area contributed by atoms with Gasteiger partial charge in [-0.1, -0.05) is 243 Å². The molecular formula is C92H95N7O8S. The van der Waals surface area contributed by atoms with Crippen LogP contribution in [-0.2, 0) is 25.8 Å². The van der Waals surface area contributed by atoms with Crippen molar-refractivity contribution in [3.63, 3.8) is 0 Å². The first kappa shape index (κ1) is 81.6. The van der Waals surface area contributed by atoms with Crippen LogP contribution in [0.3, 0.4) is 0 Å². The molecule has 0 amide bonds. The number of sulfone groups is 1. The molecule has 0 saturated heterocycles. The Labute approximate surface area is 634 Å². The topological polar surface area (TPSA) is 230 Å². The number of nitrogens with one attached hydrogen (secondary N) is 2. The molecule has 108 heavy (non-hydrogen) atoms. The molecule has 15 rings (SSSR count). The first-order valence-corrected chi connectivity index (χ1v) is 38.2. The maximum Gasteiger partial charge on any atom is 0.291 e. The molecule has 0 spiro atoms. The van der Waals surface area contributed by atoms with Gasteiger partial charge in [0.2, 0.25) is 5.78 Å². The summed E-state index contributed by atoms with van der Waals surface area (Å²) < 4.78 is 23.5. The highest BCUT2D eigenvalue weighted by Crippen LogP contribution is 2.65. The zero-order valence-electron chi connectivity index (χ0n) is 63.7. The molecule has 10 aromatic carbocycles. The third-order valence-corrected chi connectivity index (χ3v) is 20.3. The predicted octanol–water partition coefficient (Wildman–Crippen LogP) is 21.0. The van der Waals surface area contributed by atoms with Crippen LogP contribution in [0.5, 0.6) is 11.5 Å². The lowest BCUT2D eigenvalue weighted by molar-refractivity contribution is -0.125. The largest absolute Gasteiger partial charge is 0.507 e. The Morgan fingerprint density at radius 3 is 1.59 bits per heavy atom. The van der Waals surface area contributed by atoms with E-state index in [1.165, 1.54) is 31.7 Å². The molecule has 2 bridgehead atoms. The van der Waals surface area contributed by atoms with Crippen molar-refractivity contribution in [1.82, 2.24) is 29.9 Å². The van der Waals surface area contributed by atoms with Crippen molar-refractivity contribution >= 4 is 72.1 Å². The van der Waals surface area contributed by atoms with E-state index in [0.29, 0.717) is 39.7 Å². The van der Waals surface area contributed by atoms with Gasteiger partial charge in [0.1, 0.15) is 23.1 Å². The van der Waals surface area contributed by atoms with Crippen LogP contribution in [0.25, 0.3) is 66.8 Å². The summed E-state index contributed by atoms with van der Waals surface area (Å²) in [5, 5.41) is 18.8. The number of allylic oxidation sites excluding steroid dienone is 1. The Morgan fingerprint density at radius 1 is 0.583 bits per heavy atom. The number of Topliss-reactive ketones (excluding diaryl/α,β-unsaturated/α-hetero) is 3. The van der Waals surface area contributed by atoms with Crippen LogP contribution < -0.4 is 0 Å². The Bertz CT molecular complexity index is 5330. The van der Waals surface area contributed by atoms with Gasteiger partial charge in [-0.25, -0.2) is 29.9 Å². The SMILES string of the molecule is CC.CC.CC(=O)c1ccccc1O.CCc1cnc2ccccc2n1.CS(=O)(=O)c1ccc2nc(-c3ccc(-c4nc5ccccc5[nH]4)cc3)[nH]c2c1.Cc1ccc(/C=C2\C(=O)C3(C)CCC2C3(C)C)cc1.Cc1ccc(C(=O)c2ccccc2)c(O)c1.[C-]#[N+]C(C(C)=O)C(c1ccccc1)c1ccccc1. The van der Waals surface area contributed by atoms with E-state index in [1.54, 1.807) is 72.8 Å². The number of phenolic OH excluding ortho intramolecular Hbond substituents is 2. The number of aromatic hydroxyl groups is 2. The molecule has 2 saturated carbocycles. The number of hydrogen-bond acceptors (Lipinski definition) is 12. The second-order valence-corrected chi connectivity index (χ2v) is 28.7. The van der Waals surface area contributed by atoms with E-state index in [9.17, 15) is 32.7 Å². The number of rotatable bonds is 12. The van der Waals surface area contributed by atoms with Crippen LogP contribution in [0.2, 0.25) is 0 Å². The van der Waals surface area contributed by atoms with Crippen molar-refractivity contribution in [2.75, 3.05) is 6.26 Å². The lowest BCUT2D eigenvalue weighted by Gasteiger charge is -2.31. The second-order valence-electron chi connectivity index (χ2n) is 26.7. The van der Waals surface area contributed by atoms with Gasteiger partial charge < -0.3 is 25.0 Å². The van der Waals surface area contributed by atoms with E-state index in [0.717, 1.165) is 97.3 Å². The standard InChI is InChI=1S/C21H16N4O2S.C18H22O.C17H15NO.C14H12O2.C10H10N2.C8H8O2.2C2H6/c1-28(26,27)15-10-11-18-19(12-15)25-21(24-18)14-8-6-13(7-9-14)20-22-16-4-2-3-5-17(16)23-20;1-12-5-7-13(8-6-12)11-14-15-9-10-18(4,16(14)19)17(15,2)3;1-13(19)17(18-2)16(14-9-5-3-6-10-14)15-11-7-4-8-12-15;1-10-7-8-12(13(15)9-10)14(16)11-5-3-2-4-6-11;1-2-8-7-11-9-5-3-4-6-10(9)12-8;1-6(9)7-4-2-3-5-8(7)10;2*1-2/h2-12H,1H3,(H,22,23)(H,24,25);5-8,11,15H,9-10H2,1-4H3;3-12,16-17H,1H3;2-9,15H,1H3;3-7H,2H2,1H3;2-5,10H,1H3;2*1-2H3/b;14-11-;;;;;;. The van der Waals surface area contributed by atoms with Gasteiger partial charge in [0, 0.05) is 41.5 Å². The van der Waals surface area contributed by atoms with Crippen molar-refractivity contribution in [2.45, 2.75) is 119 Å². The van der Waals surface area contributed by atoms with Gasteiger partial charge in [-0.3, -0.25) is 24.2 Å². The van der Waals surface area contributed by atoms with Gasteiger partial charge in [-0.2, -0.15) is 0 Å². The molecule has 3 unspecified atom stereocenters. The summed E-state index contributed by atoms with van der Waals surface area (Å²) in [6, 6.07) is 76.4. The molecule has 3 atom stereocenters. The minimum absolute atomic E-state index is 0.0360. The molecule has 0 aliphatic heterocycles. The van der Waals surface area contributed by atoms with Gasteiger partial charge in [0.15, 0.2) is 27.2 Å². The molecule has 2 aliphatic rings. The maximum absolute atomic E-state index is 12.7. The third kappa shape index (κ3) is 20.1. The number of phenols is 2. The number of ketones is 4. The van der Waals surface area contributed by atoms with Crippen molar-refractivity contribution in [3.8, 4) is 34.3 Å². The van der Waals surface area contributed by atoms with E-state index >= 15 is 0 Å². The maximum atomic E-state index is 12.7. The summed E-state index contributed by atoms with van der Waals surface area (Å²) in [6.07, 6.45) is 8.31. The summed E-state index contributed by atoms with van der Waals surface area (Å²) in [6.45, 7) is 31.0. The van der Waals surface area contributed by atoms with E-state index in [1.807, 2.05) is 186 Å². The fraction of sp³-hybridized carbons (Fsp3) is 0.228. The van der Waals surface area contributed by atoms with Gasteiger partial charge in [0.05, 0.1) is 60.7 Å². The Morgan fingerprint density at radius 2 is 1.09 bits per heavy atom. The third-order valence-electron chi connectivity index (χ3n) is 19.2. The fourth-order valence-electron chi connectivity index (χ4n) is 13.0. The van der Waals surface area contributed by atoms with E-state index in [2.05, 4.69) is 99.7 Å². The molecule has 16 heteroatoms. The van der Waals surface area contributed by atoms with Crippen LogP contribution in [0.1, 0.15) is 148 Å². The molecule has 2 fully saturated rings. The number of nitrogens with zero attached hydrogens (tertiary/aromatic N) is 5. The minimum atomic E-state index is -3.26. The number of carbonyl (C=O) groups excluding carboxylic acids is 4. The zero-order chi connectivity index (χ0) is 78.3. The molecule has 13 aromatic rings. The second kappa shape index (κ2) is 37.8. The summed E-state index contributed by atoms with van der Waals surface area (Å²) in [4.78, 5) is 75.4. The number of aromatic amines is 2. The van der Waals surface area contributed by atoms with E-state index in [4.69, 9.17) is 11.7 Å². The molecule has 3 aromatic heterocycles. The summed E-state index contributed by atoms with van der Waals surface area (Å²) in [5.41, 5.74) is 15.9. The molecule has 3 heterocycles. The highest BCUT2D eigenvalue weighted by Gasteiger charge is 2.63.